The number of hydrogen-bond acceptors (Lipinski definition) is 3. The SMILES string of the molecule is CC/C=C(\Cc1ccc(OCCN(CCC)CCC2CC2)c(F)c1F)C(C)=O. The minimum absolute atomic E-state index is 0.0660. The predicted octanol–water partition coefficient (Wildman–Crippen LogP) is 5.32. The molecule has 28 heavy (non-hydrogen) atoms. The molecule has 0 unspecified atom stereocenters. The topological polar surface area (TPSA) is 29.5 Å². The Bertz CT molecular complexity index is 683. The molecule has 0 aromatic heterocycles. The van der Waals surface area contributed by atoms with Crippen LogP contribution in [0.2, 0.25) is 0 Å². The number of ketones is 1. The molecule has 2 rings (SSSR count). The van der Waals surface area contributed by atoms with Gasteiger partial charge in [0.05, 0.1) is 0 Å². The zero-order chi connectivity index (χ0) is 20.5. The van der Waals surface area contributed by atoms with Crippen LogP contribution in [0.5, 0.6) is 5.75 Å². The van der Waals surface area contributed by atoms with Gasteiger partial charge in [-0.05, 0) is 62.4 Å². The van der Waals surface area contributed by atoms with Crippen molar-refractivity contribution in [2.75, 3.05) is 26.2 Å². The van der Waals surface area contributed by atoms with E-state index in [4.69, 9.17) is 4.74 Å². The van der Waals surface area contributed by atoms with Gasteiger partial charge in [0.25, 0.3) is 0 Å². The second-order valence-electron chi connectivity index (χ2n) is 7.64. The fraction of sp³-hybridized carbons (Fsp3) is 0.609. The van der Waals surface area contributed by atoms with E-state index in [2.05, 4.69) is 11.8 Å². The number of allylic oxidation sites excluding steroid dienone is 2. The van der Waals surface area contributed by atoms with E-state index < -0.39 is 11.6 Å². The molecule has 0 radical (unpaired) electrons. The van der Waals surface area contributed by atoms with E-state index in [1.54, 1.807) is 6.08 Å². The van der Waals surface area contributed by atoms with E-state index in [1.165, 1.54) is 38.3 Å². The predicted molar refractivity (Wildman–Crippen MR) is 109 cm³/mol. The average Bonchev–Trinajstić information content (AvgIpc) is 3.49. The summed E-state index contributed by atoms with van der Waals surface area (Å²) in [7, 11) is 0. The van der Waals surface area contributed by atoms with Crippen LogP contribution in [0.15, 0.2) is 23.8 Å². The molecule has 0 bridgehead atoms. The molecule has 0 amide bonds. The minimum atomic E-state index is -0.975. The first-order chi connectivity index (χ1) is 13.5. The highest BCUT2D eigenvalue weighted by atomic mass is 19.2. The molecule has 0 saturated heterocycles. The fourth-order valence-corrected chi connectivity index (χ4v) is 3.32. The highest BCUT2D eigenvalue weighted by molar-refractivity contribution is 5.93. The molecule has 0 heterocycles. The van der Waals surface area contributed by atoms with E-state index in [0.29, 0.717) is 25.1 Å². The standard InChI is InChI=1S/C23H33F2NO2/c1-4-6-19(17(3)27)16-20-9-10-21(23(25)22(20)24)28-15-14-26(12-5-2)13-11-18-7-8-18/h6,9-10,18H,4-5,7-8,11-16H2,1-3H3/b19-6+. The Kier molecular flexibility index (Phi) is 9.10. The summed E-state index contributed by atoms with van der Waals surface area (Å²) in [5, 5.41) is 0. The second-order valence-corrected chi connectivity index (χ2v) is 7.64. The number of nitrogens with zero attached hydrogens (tertiary/aromatic N) is 1. The third kappa shape index (κ3) is 7.01. The Labute approximate surface area is 167 Å². The maximum atomic E-state index is 14.4. The van der Waals surface area contributed by atoms with Gasteiger partial charge in [0.1, 0.15) is 6.61 Å². The molecule has 1 aliphatic carbocycles. The Morgan fingerprint density at radius 3 is 2.54 bits per heavy atom. The molecule has 1 aromatic rings. The van der Waals surface area contributed by atoms with Crippen molar-refractivity contribution in [2.24, 2.45) is 5.92 Å². The van der Waals surface area contributed by atoms with Crippen molar-refractivity contribution < 1.29 is 18.3 Å². The lowest BCUT2D eigenvalue weighted by molar-refractivity contribution is -0.113. The molecule has 0 N–H and O–H groups in total. The first-order valence-corrected chi connectivity index (χ1v) is 10.5. The third-order valence-electron chi connectivity index (χ3n) is 5.17. The largest absolute Gasteiger partial charge is 0.489 e. The molecule has 0 atom stereocenters. The number of hydrogen-bond donors (Lipinski definition) is 0. The van der Waals surface area contributed by atoms with E-state index in [0.717, 1.165) is 25.4 Å². The van der Waals surface area contributed by atoms with E-state index in [-0.39, 0.29) is 23.5 Å². The van der Waals surface area contributed by atoms with Crippen LogP contribution in [0.3, 0.4) is 0 Å². The van der Waals surface area contributed by atoms with Crippen LogP contribution < -0.4 is 4.74 Å². The Morgan fingerprint density at radius 2 is 1.93 bits per heavy atom. The molecular formula is C23H33F2NO2. The first-order valence-electron chi connectivity index (χ1n) is 10.5. The van der Waals surface area contributed by atoms with Gasteiger partial charge in [-0.1, -0.05) is 38.8 Å². The van der Waals surface area contributed by atoms with Gasteiger partial charge < -0.3 is 4.74 Å². The molecule has 3 nitrogen and oxygen atoms in total. The maximum absolute atomic E-state index is 14.4. The molecule has 0 aliphatic heterocycles. The summed E-state index contributed by atoms with van der Waals surface area (Å²) in [6.07, 6.45) is 7.48. The molecule has 156 valence electrons. The van der Waals surface area contributed by atoms with Crippen LogP contribution in [0, 0.1) is 17.6 Å². The van der Waals surface area contributed by atoms with E-state index in [9.17, 15) is 13.6 Å². The van der Waals surface area contributed by atoms with Crippen molar-refractivity contribution in [3.63, 3.8) is 0 Å². The van der Waals surface area contributed by atoms with Crippen LogP contribution in [0.4, 0.5) is 8.78 Å². The van der Waals surface area contributed by atoms with Crippen LogP contribution in [0.25, 0.3) is 0 Å². The Hall–Kier alpha value is -1.75. The number of benzene rings is 1. The van der Waals surface area contributed by atoms with Crippen LogP contribution in [-0.2, 0) is 11.2 Å². The molecule has 1 saturated carbocycles. The summed E-state index contributed by atoms with van der Waals surface area (Å²) < 4.78 is 34.4. The quantitative estimate of drug-likeness (QED) is 0.425. The summed E-state index contributed by atoms with van der Waals surface area (Å²) in [5.41, 5.74) is 0.678. The Balaban J connectivity index is 1.93. The normalized spacial score (nSPS) is 14.6. The summed E-state index contributed by atoms with van der Waals surface area (Å²) >= 11 is 0. The highest BCUT2D eigenvalue weighted by Crippen LogP contribution is 2.32. The van der Waals surface area contributed by atoms with Gasteiger partial charge in [0, 0.05) is 13.0 Å². The van der Waals surface area contributed by atoms with E-state index >= 15 is 0 Å². The molecule has 1 fully saturated rings. The molecule has 1 aliphatic rings. The van der Waals surface area contributed by atoms with Crippen molar-refractivity contribution in [1.29, 1.82) is 0 Å². The van der Waals surface area contributed by atoms with Crippen molar-refractivity contribution in [3.05, 3.63) is 41.0 Å². The molecule has 5 heteroatoms. The van der Waals surface area contributed by atoms with Crippen molar-refractivity contribution in [3.8, 4) is 5.75 Å². The summed E-state index contributed by atoms with van der Waals surface area (Å²) in [6.45, 7) is 8.55. The van der Waals surface area contributed by atoms with Gasteiger partial charge in [-0.25, -0.2) is 4.39 Å². The number of rotatable bonds is 13. The summed E-state index contributed by atoms with van der Waals surface area (Å²) in [5.74, 6) is -1.22. The summed E-state index contributed by atoms with van der Waals surface area (Å²) in [4.78, 5) is 14.0. The fourth-order valence-electron chi connectivity index (χ4n) is 3.32. The molecular weight excluding hydrogens is 360 g/mol. The van der Waals surface area contributed by atoms with Gasteiger partial charge >= 0.3 is 0 Å². The lowest BCUT2D eigenvalue weighted by atomic mass is 10.0. The van der Waals surface area contributed by atoms with Gasteiger partial charge in [0.15, 0.2) is 17.3 Å². The lowest BCUT2D eigenvalue weighted by Crippen LogP contribution is -2.30. The number of halogens is 2. The third-order valence-corrected chi connectivity index (χ3v) is 5.17. The number of carbonyl (C=O) groups is 1. The van der Waals surface area contributed by atoms with Crippen molar-refractivity contribution in [2.45, 2.75) is 59.3 Å². The first kappa shape index (κ1) is 22.5. The van der Waals surface area contributed by atoms with Gasteiger partial charge in [0.2, 0.25) is 5.82 Å². The molecule has 1 aromatic carbocycles. The lowest BCUT2D eigenvalue weighted by Gasteiger charge is -2.21. The Morgan fingerprint density at radius 1 is 1.18 bits per heavy atom. The summed E-state index contributed by atoms with van der Waals surface area (Å²) in [6, 6.07) is 2.98. The zero-order valence-electron chi connectivity index (χ0n) is 17.4. The zero-order valence-corrected chi connectivity index (χ0v) is 17.4. The van der Waals surface area contributed by atoms with Crippen LogP contribution in [0.1, 0.15) is 58.4 Å². The average molecular weight is 394 g/mol. The number of ether oxygens (including phenoxy) is 1. The maximum Gasteiger partial charge on any atom is 0.200 e. The van der Waals surface area contributed by atoms with Gasteiger partial charge in [-0.15, -0.1) is 0 Å². The van der Waals surface area contributed by atoms with Crippen molar-refractivity contribution >= 4 is 5.78 Å². The van der Waals surface area contributed by atoms with E-state index in [1.807, 2.05) is 6.92 Å². The van der Waals surface area contributed by atoms with Crippen LogP contribution >= 0.6 is 0 Å². The van der Waals surface area contributed by atoms with Gasteiger partial charge in [-0.2, -0.15) is 4.39 Å². The smallest absolute Gasteiger partial charge is 0.200 e. The number of Topliss-reactive ketones (excluding diaryl/α,β-unsaturated/α-hetero) is 1. The highest BCUT2D eigenvalue weighted by Gasteiger charge is 2.22. The van der Waals surface area contributed by atoms with Gasteiger partial charge in [-0.3, -0.25) is 9.69 Å². The number of carbonyl (C=O) groups excluding carboxylic acids is 1. The monoisotopic (exact) mass is 393 g/mol. The molecule has 0 spiro atoms. The van der Waals surface area contributed by atoms with Crippen LogP contribution in [-0.4, -0.2) is 36.9 Å². The minimum Gasteiger partial charge on any atom is -0.489 e. The second kappa shape index (κ2) is 11.3. The van der Waals surface area contributed by atoms with Crippen molar-refractivity contribution in [1.82, 2.24) is 4.90 Å².